The predicted molar refractivity (Wildman–Crippen MR) is 110 cm³/mol. The summed E-state index contributed by atoms with van der Waals surface area (Å²) in [7, 11) is 3.17. The van der Waals surface area contributed by atoms with Gasteiger partial charge in [0.2, 0.25) is 0 Å². The van der Waals surface area contributed by atoms with Crippen LogP contribution < -0.4 is 19.5 Å². The first kappa shape index (κ1) is 20.3. The van der Waals surface area contributed by atoms with Crippen LogP contribution >= 0.6 is 0 Å². The summed E-state index contributed by atoms with van der Waals surface area (Å²) < 4.78 is 17.8. The molecule has 1 aromatic heterocycles. The highest BCUT2D eigenvalue weighted by Gasteiger charge is 2.16. The fraction of sp³-hybridized carbons (Fsp3) is 0.273. The Kier molecular flexibility index (Phi) is 6.73. The Bertz CT molecular complexity index is 932. The van der Waals surface area contributed by atoms with Crippen LogP contribution in [0.25, 0.3) is 5.69 Å². The Balaban J connectivity index is 1.70. The molecule has 152 valence electrons. The summed E-state index contributed by atoms with van der Waals surface area (Å²) in [6.07, 6.45) is 2.67. The van der Waals surface area contributed by atoms with Gasteiger partial charge in [0.15, 0.2) is 5.75 Å². The third kappa shape index (κ3) is 5.07. The molecule has 1 N–H and O–H groups in total. The number of ether oxygens (including phenoxy) is 3. The quantitative estimate of drug-likeness (QED) is 0.621. The van der Waals surface area contributed by atoms with Gasteiger partial charge in [-0.1, -0.05) is 31.5 Å². The van der Waals surface area contributed by atoms with Crippen molar-refractivity contribution in [2.45, 2.75) is 26.3 Å². The highest BCUT2D eigenvalue weighted by Crippen LogP contribution is 2.24. The van der Waals surface area contributed by atoms with Crippen molar-refractivity contribution in [1.82, 2.24) is 15.1 Å². The molecule has 2 aromatic carbocycles. The zero-order chi connectivity index (χ0) is 20.6. The van der Waals surface area contributed by atoms with Crippen LogP contribution in [-0.2, 0) is 13.0 Å². The number of amides is 1. The SMILES string of the molecule is CCCc1c(OC(=O)NCc2cc(OC)cc(OC)c2)cnn1-c1ccccc1. The third-order valence-electron chi connectivity index (χ3n) is 4.37. The molecule has 0 aliphatic carbocycles. The molecule has 0 aliphatic heterocycles. The van der Waals surface area contributed by atoms with Gasteiger partial charge >= 0.3 is 6.09 Å². The number of hydrogen-bond donors (Lipinski definition) is 1. The van der Waals surface area contributed by atoms with Gasteiger partial charge in [0.05, 0.1) is 31.8 Å². The fourth-order valence-corrected chi connectivity index (χ4v) is 2.98. The third-order valence-corrected chi connectivity index (χ3v) is 4.37. The minimum atomic E-state index is -0.545. The van der Waals surface area contributed by atoms with E-state index in [2.05, 4.69) is 17.3 Å². The maximum Gasteiger partial charge on any atom is 0.412 e. The molecule has 0 unspecified atom stereocenters. The molecule has 0 atom stereocenters. The monoisotopic (exact) mass is 395 g/mol. The normalized spacial score (nSPS) is 10.4. The van der Waals surface area contributed by atoms with Crippen LogP contribution in [-0.4, -0.2) is 30.1 Å². The molecular weight excluding hydrogens is 370 g/mol. The van der Waals surface area contributed by atoms with Gasteiger partial charge in [-0.3, -0.25) is 0 Å². The van der Waals surface area contributed by atoms with Gasteiger partial charge in [-0.05, 0) is 36.2 Å². The Morgan fingerprint density at radius 3 is 2.38 bits per heavy atom. The van der Waals surface area contributed by atoms with Crippen molar-refractivity contribution in [2.24, 2.45) is 0 Å². The highest BCUT2D eigenvalue weighted by atomic mass is 16.6. The van der Waals surface area contributed by atoms with Crippen molar-refractivity contribution in [3.63, 3.8) is 0 Å². The van der Waals surface area contributed by atoms with Crippen LogP contribution in [0.5, 0.6) is 17.2 Å². The molecule has 0 radical (unpaired) electrons. The molecule has 1 heterocycles. The molecule has 0 saturated carbocycles. The second-order valence-electron chi connectivity index (χ2n) is 6.42. The van der Waals surface area contributed by atoms with Crippen LogP contribution in [0.2, 0.25) is 0 Å². The summed E-state index contributed by atoms with van der Waals surface area (Å²) in [6.45, 7) is 2.35. The van der Waals surface area contributed by atoms with Gasteiger partial charge < -0.3 is 19.5 Å². The van der Waals surface area contributed by atoms with Crippen LogP contribution in [0, 0.1) is 0 Å². The molecule has 3 aromatic rings. The molecule has 0 fully saturated rings. The number of nitrogens with zero attached hydrogens (tertiary/aromatic N) is 2. The van der Waals surface area contributed by atoms with Crippen LogP contribution in [0.1, 0.15) is 24.6 Å². The van der Waals surface area contributed by atoms with E-state index in [4.69, 9.17) is 14.2 Å². The zero-order valence-corrected chi connectivity index (χ0v) is 16.8. The molecule has 0 aliphatic rings. The molecule has 0 spiro atoms. The number of methoxy groups -OCH3 is 2. The van der Waals surface area contributed by atoms with Crippen molar-refractivity contribution in [2.75, 3.05) is 14.2 Å². The summed E-state index contributed by atoms with van der Waals surface area (Å²) in [6, 6.07) is 15.2. The topological polar surface area (TPSA) is 74.6 Å². The first-order chi connectivity index (χ1) is 14.1. The van der Waals surface area contributed by atoms with E-state index in [1.807, 2.05) is 42.5 Å². The van der Waals surface area contributed by atoms with Crippen LogP contribution in [0.15, 0.2) is 54.7 Å². The minimum Gasteiger partial charge on any atom is -0.497 e. The molecule has 1 amide bonds. The summed E-state index contributed by atoms with van der Waals surface area (Å²) in [5.74, 6) is 1.77. The molecular formula is C22H25N3O4. The van der Waals surface area contributed by atoms with Gasteiger partial charge in [0.25, 0.3) is 0 Å². The Morgan fingerprint density at radius 1 is 1.07 bits per heavy atom. The van der Waals surface area contributed by atoms with E-state index in [-0.39, 0.29) is 6.54 Å². The summed E-state index contributed by atoms with van der Waals surface area (Å²) in [5.41, 5.74) is 2.62. The Morgan fingerprint density at radius 2 is 1.76 bits per heavy atom. The number of para-hydroxylation sites is 1. The van der Waals surface area contributed by atoms with Crippen molar-refractivity contribution < 1.29 is 19.0 Å². The van der Waals surface area contributed by atoms with E-state index in [0.29, 0.717) is 17.2 Å². The molecule has 3 rings (SSSR count). The van der Waals surface area contributed by atoms with E-state index >= 15 is 0 Å². The summed E-state index contributed by atoms with van der Waals surface area (Å²) in [5, 5.41) is 7.16. The van der Waals surface area contributed by atoms with E-state index in [0.717, 1.165) is 29.8 Å². The number of nitrogens with one attached hydrogen (secondary N) is 1. The van der Waals surface area contributed by atoms with E-state index in [1.165, 1.54) is 0 Å². The lowest BCUT2D eigenvalue weighted by molar-refractivity contribution is 0.199. The number of aromatic nitrogens is 2. The predicted octanol–water partition coefficient (Wildman–Crippen LogP) is 4.13. The maximum absolute atomic E-state index is 12.4. The standard InChI is InChI=1S/C22H25N3O4/c1-4-8-20-21(15-24-25(20)17-9-6-5-7-10-17)29-22(26)23-14-16-11-18(27-2)13-19(12-16)28-3/h5-7,9-13,15H,4,8,14H2,1-3H3,(H,23,26). The van der Waals surface area contributed by atoms with E-state index in [1.54, 1.807) is 31.2 Å². The van der Waals surface area contributed by atoms with Gasteiger partial charge in [0, 0.05) is 12.6 Å². The largest absolute Gasteiger partial charge is 0.497 e. The van der Waals surface area contributed by atoms with Crippen LogP contribution in [0.3, 0.4) is 0 Å². The van der Waals surface area contributed by atoms with Gasteiger partial charge in [-0.25, -0.2) is 9.48 Å². The van der Waals surface area contributed by atoms with Crippen molar-refractivity contribution >= 4 is 6.09 Å². The number of hydrogen-bond acceptors (Lipinski definition) is 5. The van der Waals surface area contributed by atoms with Crippen LogP contribution in [0.4, 0.5) is 4.79 Å². The summed E-state index contributed by atoms with van der Waals surface area (Å²) >= 11 is 0. The lowest BCUT2D eigenvalue weighted by atomic mass is 10.2. The fourth-order valence-electron chi connectivity index (χ4n) is 2.98. The number of rotatable bonds is 8. The average Bonchev–Trinajstić information content (AvgIpc) is 3.15. The second-order valence-corrected chi connectivity index (χ2v) is 6.42. The highest BCUT2D eigenvalue weighted by molar-refractivity contribution is 5.70. The lowest BCUT2D eigenvalue weighted by Gasteiger charge is -2.11. The number of carbonyl (C=O) groups is 1. The van der Waals surface area contributed by atoms with Crippen molar-refractivity contribution in [3.05, 3.63) is 66.0 Å². The second kappa shape index (κ2) is 9.64. The van der Waals surface area contributed by atoms with E-state index in [9.17, 15) is 4.79 Å². The molecule has 7 heteroatoms. The molecule has 7 nitrogen and oxygen atoms in total. The minimum absolute atomic E-state index is 0.280. The molecule has 29 heavy (non-hydrogen) atoms. The first-order valence-electron chi connectivity index (χ1n) is 9.44. The first-order valence-corrected chi connectivity index (χ1v) is 9.44. The van der Waals surface area contributed by atoms with Gasteiger partial charge in [0.1, 0.15) is 11.5 Å². The van der Waals surface area contributed by atoms with Gasteiger partial charge in [-0.15, -0.1) is 0 Å². The van der Waals surface area contributed by atoms with Crippen molar-refractivity contribution in [3.8, 4) is 22.9 Å². The maximum atomic E-state index is 12.4. The lowest BCUT2D eigenvalue weighted by Crippen LogP contribution is -2.26. The van der Waals surface area contributed by atoms with Crippen molar-refractivity contribution in [1.29, 1.82) is 0 Å². The smallest absolute Gasteiger partial charge is 0.412 e. The molecule has 0 saturated heterocycles. The average molecular weight is 395 g/mol. The zero-order valence-electron chi connectivity index (χ0n) is 16.8. The van der Waals surface area contributed by atoms with E-state index < -0.39 is 6.09 Å². The summed E-state index contributed by atoms with van der Waals surface area (Å²) in [4.78, 5) is 12.4. The Labute approximate surface area is 170 Å². The number of carbonyl (C=O) groups excluding carboxylic acids is 1. The molecule has 0 bridgehead atoms. The number of benzene rings is 2. The van der Waals surface area contributed by atoms with Gasteiger partial charge in [-0.2, -0.15) is 5.10 Å². The Hall–Kier alpha value is -3.48.